The smallest absolute Gasteiger partial charge is 0.395 e. The molecule has 0 bridgehead atoms. The third-order valence-corrected chi connectivity index (χ3v) is 4.75. The second-order valence-corrected chi connectivity index (χ2v) is 7.29. The Kier molecular flexibility index (Phi) is 5.88. The Hall–Kier alpha value is -2.73. The van der Waals surface area contributed by atoms with Crippen molar-refractivity contribution in [3.63, 3.8) is 0 Å². The van der Waals surface area contributed by atoms with Crippen LogP contribution in [0.2, 0.25) is 0 Å². The SMILES string of the molecule is N#Cc1ccc(OP(=O)(O)CNC(=O)C(=NO)c2cccs2)cc1F. The van der Waals surface area contributed by atoms with E-state index in [2.05, 4.69) is 10.5 Å². The monoisotopic (exact) mass is 383 g/mol. The van der Waals surface area contributed by atoms with Gasteiger partial charge in [-0.1, -0.05) is 11.2 Å². The summed E-state index contributed by atoms with van der Waals surface area (Å²) in [7, 11) is -4.35. The molecule has 0 aliphatic heterocycles. The van der Waals surface area contributed by atoms with Crippen LogP contribution in [0.5, 0.6) is 5.75 Å². The van der Waals surface area contributed by atoms with Crippen molar-refractivity contribution >= 4 is 30.6 Å². The molecule has 25 heavy (non-hydrogen) atoms. The second-order valence-electron chi connectivity index (χ2n) is 4.57. The minimum absolute atomic E-state index is 0.242. The molecule has 1 unspecified atom stereocenters. The fourth-order valence-corrected chi connectivity index (χ4v) is 3.27. The number of rotatable bonds is 6. The first kappa shape index (κ1) is 18.6. The lowest BCUT2D eigenvalue weighted by Gasteiger charge is -2.14. The highest BCUT2D eigenvalue weighted by Gasteiger charge is 2.25. The molecule has 0 radical (unpaired) electrons. The lowest BCUT2D eigenvalue weighted by molar-refractivity contribution is -0.114. The highest BCUT2D eigenvalue weighted by atomic mass is 32.1. The summed E-state index contributed by atoms with van der Waals surface area (Å²) in [6.45, 7) is 0. The molecule has 1 amide bonds. The molecule has 0 aliphatic carbocycles. The molecule has 0 spiro atoms. The van der Waals surface area contributed by atoms with Crippen LogP contribution in [0.15, 0.2) is 40.9 Å². The van der Waals surface area contributed by atoms with Crippen LogP contribution in [0.1, 0.15) is 10.4 Å². The predicted octanol–water partition coefficient (Wildman–Crippen LogP) is 2.28. The quantitative estimate of drug-likeness (QED) is 0.303. The standard InChI is InChI=1S/C14H11FN3O5PS/c15-11-6-10(4-3-9(11)7-16)23-24(21,22)8-17-14(19)13(18-20)12-2-1-5-25-12/h1-6,20H,8H2,(H,17,19)(H,21,22). The maximum Gasteiger partial charge on any atom is 0.395 e. The van der Waals surface area contributed by atoms with Crippen LogP contribution in [-0.2, 0) is 9.36 Å². The van der Waals surface area contributed by atoms with E-state index in [9.17, 15) is 18.6 Å². The summed E-state index contributed by atoms with van der Waals surface area (Å²) >= 11 is 1.14. The van der Waals surface area contributed by atoms with Crippen molar-refractivity contribution in [1.82, 2.24) is 5.32 Å². The van der Waals surface area contributed by atoms with Gasteiger partial charge in [0.25, 0.3) is 5.91 Å². The number of nitriles is 1. The van der Waals surface area contributed by atoms with E-state index in [1.807, 2.05) is 0 Å². The molecule has 1 aromatic heterocycles. The summed E-state index contributed by atoms with van der Waals surface area (Å²) in [5.41, 5.74) is -0.562. The predicted molar refractivity (Wildman–Crippen MR) is 87.2 cm³/mol. The molecule has 3 N–H and O–H groups in total. The van der Waals surface area contributed by atoms with Crippen LogP contribution in [-0.4, -0.2) is 28.0 Å². The highest BCUT2D eigenvalue weighted by Crippen LogP contribution is 2.41. The molecule has 0 fully saturated rings. The zero-order valence-electron chi connectivity index (χ0n) is 12.4. The summed E-state index contributed by atoms with van der Waals surface area (Å²) in [5, 5.41) is 24.2. The lowest BCUT2D eigenvalue weighted by Crippen LogP contribution is -2.32. The number of carbonyl (C=O) groups is 1. The topological polar surface area (TPSA) is 132 Å². The van der Waals surface area contributed by atoms with Gasteiger partial charge in [-0.25, -0.2) is 8.96 Å². The van der Waals surface area contributed by atoms with Crippen molar-refractivity contribution in [2.24, 2.45) is 5.16 Å². The molecule has 2 rings (SSSR count). The van der Waals surface area contributed by atoms with E-state index in [0.717, 1.165) is 29.5 Å². The Morgan fingerprint density at radius 1 is 1.48 bits per heavy atom. The van der Waals surface area contributed by atoms with Gasteiger partial charge in [-0.2, -0.15) is 5.26 Å². The van der Waals surface area contributed by atoms with Gasteiger partial charge in [0.2, 0.25) is 0 Å². The first-order valence-corrected chi connectivity index (χ1v) is 9.25. The summed E-state index contributed by atoms with van der Waals surface area (Å²) in [4.78, 5) is 22.0. The van der Waals surface area contributed by atoms with Gasteiger partial charge >= 0.3 is 7.60 Å². The molecule has 1 heterocycles. The van der Waals surface area contributed by atoms with Gasteiger partial charge in [0.05, 0.1) is 10.4 Å². The van der Waals surface area contributed by atoms with E-state index in [-0.39, 0.29) is 17.0 Å². The number of oxime groups is 1. The average molecular weight is 383 g/mol. The molecule has 0 aliphatic rings. The van der Waals surface area contributed by atoms with Crippen LogP contribution >= 0.6 is 18.9 Å². The summed E-state index contributed by atoms with van der Waals surface area (Å²) < 4.78 is 30.2. The molecule has 0 saturated heterocycles. The number of hydrogen-bond donors (Lipinski definition) is 3. The maximum atomic E-state index is 13.5. The third kappa shape index (κ3) is 4.87. The van der Waals surface area contributed by atoms with Crippen molar-refractivity contribution in [1.29, 1.82) is 5.26 Å². The molecule has 130 valence electrons. The van der Waals surface area contributed by atoms with E-state index in [4.69, 9.17) is 15.0 Å². The van der Waals surface area contributed by atoms with Crippen LogP contribution in [0.25, 0.3) is 0 Å². The van der Waals surface area contributed by atoms with Gasteiger partial charge in [-0.15, -0.1) is 11.3 Å². The maximum absolute atomic E-state index is 13.5. The molecule has 1 aromatic carbocycles. The largest absolute Gasteiger partial charge is 0.423 e. The minimum Gasteiger partial charge on any atom is -0.423 e. The number of nitrogens with zero attached hydrogens (tertiary/aromatic N) is 2. The van der Waals surface area contributed by atoms with Gasteiger partial charge in [0.15, 0.2) is 5.71 Å². The van der Waals surface area contributed by atoms with Crippen molar-refractivity contribution in [2.75, 3.05) is 6.29 Å². The second kappa shape index (κ2) is 7.90. The number of hydrogen-bond acceptors (Lipinski definition) is 7. The van der Waals surface area contributed by atoms with Crippen molar-refractivity contribution in [2.45, 2.75) is 0 Å². The fraction of sp³-hybridized carbons (Fsp3) is 0.0714. The number of carbonyl (C=O) groups excluding carboxylic acids is 1. The number of thiophene rings is 1. The molecule has 1 atom stereocenters. The lowest BCUT2D eigenvalue weighted by atomic mass is 10.2. The Morgan fingerprint density at radius 2 is 2.24 bits per heavy atom. The molecule has 2 aromatic rings. The average Bonchev–Trinajstić information content (AvgIpc) is 3.08. The molecule has 0 saturated carbocycles. The van der Waals surface area contributed by atoms with Gasteiger partial charge in [-0.3, -0.25) is 4.79 Å². The van der Waals surface area contributed by atoms with Gasteiger partial charge in [-0.05, 0) is 23.6 Å². The van der Waals surface area contributed by atoms with Crippen LogP contribution < -0.4 is 9.84 Å². The van der Waals surface area contributed by atoms with Gasteiger partial charge < -0.3 is 19.9 Å². The Balaban J connectivity index is 2.02. The highest BCUT2D eigenvalue weighted by molar-refractivity contribution is 7.53. The van der Waals surface area contributed by atoms with Gasteiger partial charge in [0, 0.05) is 6.07 Å². The van der Waals surface area contributed by atoms with E-state index < -0.39 is 25.6 Å². The van der Waals surface area contributed by atoms with Crippen LogP contribution in [0.4, 0.5) is 4.39 Å². The Bertz CT molecular complexity index is 894. The number of benzene rings is 1. The van der Waals surface area contributed by atoms with Crippen molar-refractivity contribution < 1.29 is 28.4 Å². The van der Waals surface area contributed by atoms with Crippen molar-refractivity contribution in [3.8, 4) is 11.8 Å². The Labute approximate surface area is 145 Å². The van der Waals surface area contributed by atoms with Crippen LogP contribution in [0.3, 0.4) is 0 Å². The molecule has 8 nitrogen and oxygen atoms in total. The first-order valence-electron chi connectivity index (χ1n) is 6.61. The number of amides is 1. The fourth-order valence-electron chi connectivity index (χ4n) is 1.72. The van der Waals surface area contributed by atoms with Crippen molar-refractivity contribution in [3.05, 3.63) is 52.0 Å². The number of nitrogens with one attached hydrogen (secondary N) is 1. The minimum atomic E-state index is -4.35. The zero-order valence-corrected chi connectivity index (χ0v) is 14.1. The molecule has 11 heteroatoms. The summed E-state index contributed by atoms with van der Waals surface area (Å²) in [6, 6.07) is 7.81. The zero-order chi connectivity index (χ0) is 18.4. The summed E-state index contributed by atoms with van der Waals surface area (Å²) in [6.07, 6.45) is -0.794. The third-order valence-electron chi connectivity index (χ3n) is 2.82. The Morgan fingerprint density at radius 3 is 2.80 bits per heavy atom. The van der Waals surface area contributed by atoms with E-state index >= 15 is 0 Å². The van der Waals surface area contributed by atoms with E-state index in [0.29, 0.717) is 4.88 Å². The molecular weight excluding hydrogens is 372 g/mol. The van der Waals surface area contributed by atoms with E-state index in [1.54, 1.807) is 17.5 Å². The molecular formula is C14H11FN3O5PS. The summed E-state index contributed by atoms with van der Waals surface area (Å²) in [5.74, 6) is -2.06. The normalized spacial score (nSPS) is 13.6. The van der Waals surface area contributed by atoms with E-state index in [1.165, 1.54) is 6.07 Å². The van der Waals surface area contributed by atoms with Gasteiger partial charge in [0.1, 0.15) is 23.9 Å². The first-order chi connectivity index (χ1) is 11.9. The van der Waals surface area contributed by atoms with Crippen LogP contribution in [0, 0.1) is 17.1 Å². The number of halogens is 1.